The summed E-state index contributed by atoms with van der Waals surface area (Å²) in [6, 6.07) is 0.654. The van der Waals surface area contributed by atoms with E-state index in [1.54, 1.807) is 0 Å². The largest absolute Gasteiger partial charge is 0.329 e. The highest BCUT2D eigenvalue weighted by atomic mass is 15.2. The summed E-state index contributed by atoms with van der Waals surface area (Å²) < 4.78 is 0. The molecule has 0 aromatic carbocycles. The third-order valence-corrected chi connectivity index (χ3v) is 4.16. The SMILES string of the molecule is CC1CCCN(CC2(C)CC2)C1CN. The first kappa shape index (κ1) is 10.4. The van der Waals surface area contributed by atoms with Crippen molar-refractivity contribution in [1.82, 2.24) is 4.90 Å². The Morgan fingerprint density at radius 3 is 2.71 bits per heavy atom. The normalized spacial score (nSPS) is 37.1. The van der Waals surface area contributed by atoms with Crippen LogP contribution in [0.1, 0.15) is 39.5 Å². The maximum Gasteiger partial charge on any atom is 0.0244 e. The third kappa shape index (κ3) is 2.12. The molecule has 1 saturated carbocycles. The first-order chi connectivity index (χ1) is 6.64. The second-order valence-corrected chi connectivity index (χ2v) is 5.70. The van der Waals surface area contributed by atoms with Crippen LogP contribution in [0.2, 0.25) is 0 Å². The fraction of sp³-hybridized carbons (Fsp3) is 1.00. The number of likely N-dealkylation sites (tertiary alicyclic amines) is 1. The zero-order chi connectivity index (χ0) is 10.2. The Morgan fingerprint density at radius 1 is 1.43 bits per heavy atom. The maximum absolute atomic E-state index is 5.88. The van der Waals surface area contributed by atoms with E-state index >= 15 is 0 Å². The van der Waals surface area contributed by atoms with Crippen molar-refractivity contribution in [3.8, 4) is 0 Å². The standard InChI is InChI=1S/C12H24N2/c1-10-4-3-7-14(11(10)8-13)9-12(2)5-6-12/h10-11H,3-9,13H2,1-2H3. The van der Waals surface area contributed by atoms with Crippen LogP contribution < -0.4 is 5.73 Å². The first-order valence-corrected chi connectivity index (χ1v) is 6.09. The van der Waals surface area contributed by atoms with Crippen LogP contribution in [0.3, 0.4) is 0 Å². The second kappa shape index (κ2) is 3.82. The molecule has 0 radical (unpaired) electrons. The minimum atomic E-state index is 0.643. The lowest BCUT2D eigenvalue weighted by Crippen LogP contribution is -2.50. The smallest absolute Gasteiger partial charge is 0.0244 e. The zero-order valence-corrected chi connectivity index (χ0v) is 9.63. The van der Waals surface area contributed by atoms with Gasteiger partial charge in [-0.05, 0) is 43.6 Å². The Bertz CT molecular complexity index is 198. The first-order valence-electron chi connectivity index (χ1n) is 6.09. The molecular formula is C12H24N2. The van der Waals surface area contributed by atoms with Gasteiger partial charge in [-0.2, -0.15) is 0 Å². The van der Waals surface area contributed by atoms with Gasteiger partial charge in [0.1, 0.15) is 0 Å². The van der Waals surface area contributed by atoms with E-state index in [1.807, 2.05) is 0 Å². The minimum Gasteiger partial charge on any atom is -0.329 e. The summed E-state index contributed by atoms with van der Waals surface area (Å²) in [6.07, 6.45) is 5.59. The van der Waals surface area contributed by atoms with Crippen LogP contribution in [0.4, 0.5) is 0 Å². The number of hydrogen-bond donors (Lipinski definition) is 1. The molecule has 2 fully saturated rings. The van der Waals surface area contributed by atoms with E-state index in [-0.39, 0.29) is 0 Å². The van der Waals surface area contributed by atoms with Gasteiger partial charge in [-0.1, -0.05) is 13.8 Å². The van der Waals surface area contributed by atoms with Crippen molar-refractivity contribution in [2.75, 3.05) is 19.6 Å². The number of hydrogen-bond acceptors (Lipinski definition) is 2. The van der Waals surface area contributed by atoms with E-state index in [9.17, 15) is 0 Å². The minimum absolute atomic E-state index is 0.643. The van der Waals surface area contributed by atoms with E-state index in [0.29, 0.717) is 11.5 Å². The van der Waals surface area contributed by atoms with Gasteiger partial charge in [0.15, 0.2) is 0 Å². The Labute approximate surface area is 87.8 Å². The summed E-state index contributed by atoms with van der Waals surface area (Å²) in [4.78, 5) is 2.65. The number of nitrogens with zero attached hydrogens (tertiary/aromatic N) is 1. The van der Waals surface area contributed by atoms with Gasteiger partial charge >= 0.3 is 0 Å². The average molecular weight is 196 g/mol. The highest BCUT2D eigenvalue weighted by Gasteiger charge is 2.41. The average Bonchev–Trinajstić information content (AvgIpc) is 2.84. The second-order valence-electron chi connectivity index (χ2n) is 5.70. The molecule has 0 amide bonds. The van der Waals surface area contributed by atoms with Gasteiger partial charge in [-0.25, -0.2) is 0 Å². The van der Waals surface area contributed by atoms with Crippen molar-refractivity contribution in [2.45, 2.75) is 45.6 Å². The molecule has 1 saturated heterocycles. The molecule has 2 unspecified atom stereocenters. The van der Waals surface area contributed by atoms with Crippen molar-refractivity contribution in [1.29, 1.82) is 0 Å². The van der Waals surface area contributed by atoms with Crippen LogP contribution in [0.5, 0.6) is 0 Å². The highest BCUT2D eigenvalue weighted by molar-refractivity contribution is 4.94. The van der Waals surface area contributed by atoms with Gasteiger partial charge in [0.25, 0.3) is 0 Å². The van der Waals surface area contributed by atoms with Gasteiger partial charge < -0.3 is 5.73 Å². The van der Waals surface area contributed by atoms with E-state index in [0.717, 1.165) is 12.5 Å². The molecule has 2 heteroatoms. The fourth-order valence-corrected chi connectivity index (χ4v) is 2.77. The molecule has 2 N–H and O–H groups in total. The Hall–Kier alpha value is -0.0800. The number of rotatable bonds is 3. The molecule has 1 heterocycles. The zero-order valence-electron chi connectivity index (χ0n) is 9.63. The van der Waals surface area contributed by atoms with Crippen molar-refractivity contribution in [3.63, 3.8) is 0 Å². The summed E-state index contributed by atoms with van der Waals surface area (Å²) in [7, 11) is 0. The predicted molar refractivity (Wildman–Crippen MR) is 60.2 cm³/mol. The van der Waals surface area contributed by atoms with Crippen LogP contribution >= 0.6 is 0 Å². The van der Waals surface area contributed by atoms with Crippen molar-refractivity contribution in [3.05, 3.63) is 0 Å². The highest BCUT2D eigenvalue weighted by Crippen LogP contribution is 2.46. The molecule has 1 aliphatic carbocycles. The summed E-state index contributed by atoms with van der Waals surface area (Å²) >= 11 is 0. The number of nitrogens with two attached hydrogens (primary N) is 1. The van der Waals surface area contributed by atoms with Gasteiger partial charge in [0, 0.05) is 19.1 Å². The van der Waals surface area contributed by atoms with E-state index < -0.39 is 0 Å². The molecule has 2 aliphatic rings. The van der Waals surface area contributed by atoms with Gasteiger partial charge in [-0.15, -0.1) is 0 Å². The third-order valence-electron chi connectivity index (χ3n) is 4.16. The van der Waals surface area contributed by atoms with Crippen LogP contribution in [-0.2, 0) is 0 Å². The maximum atomic E-state index is 5.88. The predicted octanol–water partition coefficient (Wildman–Crippen LogP) is 1.85. The summed E-state index contributed by atoms with van der Waals surface area (Å²) in [6.45, 7) is 8.19. The van der Waals surface area contributed by atoms with Crippen molar-refractivity contribution in [2.24, 2.45) is 17.1 Å². The van der Waals surface area contributed by atoms with Crippen LogP contribution in [0.15, 0.2) is 0 Å². The lowest BCUT2D eigenvalue weighted by Gasteiger charge is -2.40. The van der Waals surface area contributed by atoms with Gasteiger partial charge in [0.2, 0.25) is 0 Å². The Morgan fingerprint density at radius 2 is 2.14 bits per heavy atom. The fourth-order valence-electron chi connectivity index (χ4n) is 2.77. The molecule has 82 valence electrons. The van der Waals surface area contributed by atoms with E-state index in [2.05, 4.69) is 18.7 Å². The molecule has 0 aromatic rings. The van der Waals surface area contributed by atoms with Gasteiger partial charge in [0.05, 0.1) is 0 Å². The molecular weight excluding hydrogens is 172 g/mol. The van der Waals surface area contributed by atoms with E-state index in [4.69, 9.17) is 5.73 Å². The number of piperidine rings is 1. The van der Waals surface area contributed by atoms with E-state index in [1.165, 1.54) is 38.8 Å². The molecule has 1 aliphatic heterocycles. The molecule has 2 nitrogen and oxygen atoms in total. The quantitative estimate of drug-likeness (QED) is 0.746. The molecule has 2 atom stereocenters. The molecule has 14 heavy (non-hydrogen) atoms. The lowest BCUT2D eigenvalue weighted by atomic mass is 9.90. The van der Waals surface area contributed by atoms with Crippen LogP contribution in [0.25, 0.3) is 0 Å². The van der Waals surface area contributed by atoms with Crippen molar-refractivity contribution >= 4 is 0 Å². The topological polar surface area (TPSA) is 29.3 Å². The molecule has 0 aromatic heterocycles. The Kier molecular flexibility index (Phi) is 2.85. The van der Waals surface area contributed by atoms with Crippen LogP contribution in [-0.4, -0.2) is 30.6 Å². The van der Waals surface area contributed by atoms with Crippen molar-refractivity contribution < 1.29 is 0 Å². The lowest BCUT2D eigenvalue weighted by molar-refractivity contribution is 0.0869. The Balaban J connectivity index is 1.93. The monoisotopic (exact) mass is 196 g/mol. The van der Waals surface area contributed by atoms with Gasteiger partial charge in [-0.3, -0.25) is 4.90 Å². The summed E-state index contributed by atoms with van der Waals surface area (Å²) in [5, 5.41) is 0. The van der Waals surface area contributed by atoms with Crippen LogP contribution in [0, 0.1) is 11.3 Å². The molecule has 0 bridgehead atoms. The molecule has 0 spiro atoms. The summed E-state index contributed by atoms with van der Waals surface area (Å²) in [5.41, 5.74) is 6.52. The summed E-state index contributed by atoms with van der Waals surface area (Å²) in [5.74, 6) is 0.802. The molecule has 2 rings (SSSR count).